The molecule has 29 heavy (non-hydrogen) atoms. The van der Waals surface area contributed by atoms with Gasteiger partial charge in [0.1, 0.15) is 0 Å². The summed E-state index contributed by atoms with van der Waals surface area (Å²) in [6, 6.07) is 14.2. The number of thioether (sulfide) groups is 1. The lowest BCUT2D eigenvalue weighted by molar-refractivity contribution is 0.0983. The standard InChI is InChI=1S/C23H29N3OS2/c1-5-17-10-9-13-20-21(17)24-23(29-20)26(15-14-25(6-2)7-3)22(27)18-11-8-12-19(16-18)28-4/h8-13,16H,5-7,14-15H2,1-4H3. The highest BCUT2D eigenvalue weighted by molar-refractivity contribution is 7.98. The molecule has 0 atom stereocenters. The van der Waals surface area contributed by atoms with Crippen LogP contribution < -0.4 is 4.90 Å². The smallest absolute Gasteiger partial charge is 0.260 e. The number of anilines is 1. The van der Waals surface area contributed by atoms with Crippen molar-refractivity contribution in [2.24, 2.45) is 0 Å². The third-order valence-electron chi connectivity index (χ3n) is 5.20. The van der Waals surface area contributed by atoms with E-state index < -0.39 is 0 Å². The van der Waals surface area contributed by atoms with Crippen molar-refractivity contribution >= 4 is 44.4 Å². The number of thiazole rings is 1. The van der Waals surface area contributed by atoms with Crippen molar-refractivity contribution in [2.45, 2.75) is 32.1 Å². The molecule has 3 rings (SSSR count). The Labute approximate surface area is 181 Å². The number of fused-ring (bicyclic) bond motifs is 1. The van der Waals surface area contributed by atoms with Gasteiger partial charge >= 0.3 is 0 Å². The van der Waals surface area contributed by atoms with Crippen LogP contribution in [0.2, 0.25) is 0 Å². The molecule has 0 aliphatic carbocycles. The molecule has 4 nitrogen and oxygen atoms in total. The van der Waals surface area contributed by atoms with Gasteiger partial charge in [0.05, 0.1) is 10.2 Å². The monoisotopic (exact) mass is 427 g/mol. The normalized spacial score (nSPS) is 11.3. The Hall–Kier alpha value is -1.89. The van der Waals surface area contributed by atoms with Crippen molar-refractivity contribution < 1.29 is 4.79 Å². The van der Waals surface area contributed by atoms with Crippen LogP contribution in [0.25, 0.3) is 10.2 Å². The number of carbonyl (C=O) groups is 1. The zero-order valence-corrected chi connectivity index (χ0v) is 19.3. The number of nitrogens with zero attached hydrogens (tertiary/aromatic N) is 3. The van der Waals surface area contributed by atoms with E-state index in [1.807, 2.05) is 35.4 Å². The number of hydrogen-bond donors (Lipinski definition) is 0. The van der Waals surface area contributed by atoms with Crippen molar-refractivity contribution in [1.29, 1.82) is 0 Å². The van der Waals surface area contributed by atoms with E-state index in [0.29, 0.717) is 12.1 Å². The number of carbonyl (C=O) groups excluding carboxylic acids is 1. The highest BCUT2D eigenvalue weighted by Crippen LogP contribution is 2.32. The van der Waals surface area contributed by atoms with Gasteiger partial charge < -0.3 is 4.90 Å². The van der Waals surface area contributed by atoms with E-state index in [1.165, 1.54) is 5.56 Å². The molecule has 0 unspecified atom stereocenters. The molecule has 0 spiro atoms. The minimum Gasteiger partial charge on any atom is -0.302 e. The SMILES string of the molecule is CCc1cccc2sc(N(CCN(CC)CC)C(=O)c3cccc(SC)c3)nc12. The largest absolute Gasteiger partial charge is 0.302 e. The summed E-state index contributed by atoms with van der Waals surface area (Å²) in [4.78, 5) is 23.7. The number of hydrogen-bond acceptors (Lipinski definition) is 5. The summed E-state index contributed by atoms with van der Waals surface area (Å²) in [5.41, 5.74) is 2.96. The minimum atomic E-state index is 0.0187. The Kier molecular flexibility index (Phi) is 7.70. The average molecular weight is 428 g/mol. The van der Waals surface area contributed by atoms with E-state index in [9.17, 15) is 4.79 Å². The van der Waals surface area contributed by atoms with Crippen LogP contribution in [0.5, 0.6) is 0 Å². The molecule has 1 heterocycles. The predicted molar refractivity (Wildman–Crippen MR) is 127 cm³/mol. The molecule has 0 aliphatic rings. The first-order chi connectivity index (χ1) is 14.1. The molecule has 0 bridgehead atoms. The molecule has 0 fully saturated rings. The fourth-order valence-electron chi connectivity index (χ4n) is 3.37. The van der Waals surface area contributed by atoms with Gasteiger partial charge in [-0.15, -0.1) is 11.8 Å². The van der Waals surface area contributed by atoms with Gasteiger partial charge in [-0.25, -0.2) is 4.98 Å². The number of aromatic nitrogens is 1. The molecule has 154 valence electrons. The lowest BCUT2D eigenvalue weighted by Gasteiger charge is -2.25. The zero-order valence-electron chi connectivity index (χ0n) is 17.6. The highest BCUT2D eigenvalue weighted by Gasteiger charge is 2.22. The molecule has 0 N–H and O–H groups in total. The summed E-state index contributed by atoms with van der Waals surface area (Å²) < 4.78 is 1.14. The van der Waals surface area contributed by atoms with Crippen molar-refractivity contribution in [3.63, 3.8) is 0 Å². The van der Waals surface area contributed by atoms with Gasteiger partial charge in [0, 0.05) is 23.5 Å². The van der Waals surface area contributed by atoms with Crippen LogP contribution in [0, 0.1) is 0 Å². The Balaban J connectivity index is 1.99. The second kappa shape index (κ2) is 10.2. The lowest BCUT2D eigenvalue weighted by Crippen LogP contribution is -2.38. The number of benzene rings is 2. The van der Waals surface area contributed by atoms with Crippen molar-refractivity contribution in [3.8, 4) is 0 Å². The predicted octanol–water partition coefficient (Wildman–Crippen LogP) is 5.57. The van der Waals surface area contributed by atoms with Gasteiger partial charge in [-0.05, 0) is 55.6 Å². The molecule has 2 aromatic carbocycles. The number of likely N-dealkylation sites (N-methyl/N-ethyl adjacent to an activating group) is 1. The summed E-state index contributed by atoms with van der Waals surface area (Å²) >= 11 is 3.26. The quantitative estimate of drug-likeness (QED) is 0.418. The maximum atomic E-state index is 13.5. The fourth-order valence-corrected chi connectivity index (χ4v) is 4.87. The van der Waals surface area contributed by atoms with E-state index in [0.717, 1.165) is 46.3 Å². The third-order valence-corrected chi connectivity index (χ3v) is 6.97. The van der Waals surface area contributed by atoms with E-state index in [2.05, 4.69) is 43.9 Å². The Morgan fingerprint density at radius 2 is 1.83 bits per heavy atom. The number of aryl methyl sites for hydroxylation is 1. The number of para-hydroxylation sites is 1. The first-order valence-corrected chi connectivity index (χ1v) is 12.2. The first kappa shape index (κ1) is 21.8. The van der Waals surface area contributed by atoms with Gasteiger partial charge in [0.2, 0.25) is 0 Å². The van der Waals surface area contributed by atoms with Crippen LogP contribution >= 0.6 is 23.1 Å². The van der Waals surface area contributed by atoms with Crippen LogP contribution in [-0.2, 0) is 6.42 Å². The molecule has 0 saturated carbocycles. The summed E-state index contributed by atoms with van der Waals surface area (Å²) in [5.74, 6) is 0.0187. The summed E-state index contributed by atoms with van der Waals surface area (Å²) in [7, 11) is 0. The van der Waals surface area contributed by atoms with Crippen molar-refractivity contribution in [2.75, 3.05) is 37.3 Å². The van der Waals surface area contributed by atoms with Gasteiger partial charge in [0.15, 0.2) is 5.13 Å². The maximum absolute atomic E-state index is 13.5. The van der Waals surface area contributed by atoms with Gasteiger partial charge in [-0.2, -0.15) is 0 Å². The van der Waals surface area contributed by atoms with Crippen LogP contribution in [0.1, 0.15) is 36.7 Å². The summed E-state index contributed by atoms with van der Waals surface area (Å²) in [5, 5.41) is 0.785. The molecule has 3 aromatic rings. The van der Waals surface area contributed by atoms with Crippen molar-refractivity contribution in [1.82, 2.24) is 9.88 Å². The van der Waals surface area contributed by atoms with E-state index in [4.69, 9.17) is 4.98 Å². The molecule has 1 amide bonds. The summed E-state index contributed by atoms with van der Waals surface area (Å²) in [6.45, 7) is 9.86. The molecular formula is C23H29N3OS2. The minimum absolute atomic E-state index is 0.0187. The van der Waals surface area contributed by atoms with Crippen molar-refractivity contribution in [3.05, 3.63) is 53.6 Å². The Morgan fingerprint density at radius 3 is 2.52 bits per heavy atom. The van der Waals surface area contributed by atoms with Crippen LogP contribution in [0.4, 0.5) is 5.13 Å². The van der Waals surface area contributed by atoms with Gasteiger partial charge in [0.25, 0.3) is 5.91 Å². The number of amides is 1. The van der Waals surface area contributed by atoms with Crippen LogP contribution in [-0.4, -0.2) is 48.2 Å². The lowest BCUT2D eigenvalue weighted by atomic mass is 10.1. The molecule has 0 aliphatic heterocycles. The van der Waals surface area contributed by atoms with Crippen LogP contribution in [0.15, 0.2) is 47.4 Å². The van der Waals surface area contributed by atoms with E-state index in [-0.39, 0.29) is 5.91 Å². The maximum Gasteiger partial charge on any atom is 0.260 e. The Bertz CT molecular complexity index is 966. The molecule has 0 radical (unpaired) electrons. The molecule has 0 saturated heterocycles. The molecular weight excluding hydrogens is 398 g/mol. The topological polar surface area (TPSA) is 36.4 Å². The molecule has 1 aromatic heterocycles. The Morgan fingerprint density at radius 1 is 1.07 bits per heavy atom. The number of rotatable bonds is 9. The second-order valence-corrected chi connectivity index (χ2v) is 8.72. The summed E-state index contributed by atoms with van der Waals surface area (Å²) in [6.07, 6.45) is 2.96. The third kappa shape index (κ3) is 5.00. The van der Waals surface area contributed by atoms with Crippen LogP contribution in [0.3, 0.4) is 0 Å². The second-order valence-electron chi connectivity index (χ2n) is 6.83. The highest BCUT2D eigenvalue weighted by atomic mass is 32.2. The van der Waals surface area contributed by atoms with Gasteiger partial charge in [-0.3, -0.25) is 9.69 Å². The molecule has 6 heteroatoms. The van der Waals surface area contributed by atoms with E-state index >= 15 is 0 Å². The zero-order chi connectivity index (χ0) is 20.8. The fraction of sp³-hybridized carbons (Fsp3) is 0.391. The van der Waals surface area contributed by atoms with Gasteiger partial charge in [-0.1, -0.05) is 50.3 Å². The first-order valence-electron chi connectivity index (χ1n) is 10.2. The van der Waals surface area contributed by atoms with E-state index in [1.54, 1.807) is 23.1 Å². The average Bonchev–Trinajstić information content (AvgIpc) is 3.20.